The molecule has 0 saturated carbocycles. The standard InChI is InChI=1S/C22H20Cl2O4S/c1-25-14-28-22-18(23)10-17(11-19(22)24)29-16-8-9-20(21(12-16)26-2)27-13-15-6-4-3-5-7-15/h3-12H,13-14H2,1-2H3. The van der Waals surface area contributed by atoms with Gasteiger partial charge in [0.05, 0.1) is 17.2 Å². The van der Waals surface area contributed by atoms with Crippen LogP contribution in [0.15, 0.2) is 70.5 Å². The van der Waals surface area contributed by atoms with E-state index in [0.717, 1.165) is 15.4 Å². The van der Waals surface area contributed by atoms with E-state index in [1.807, 2.05) is 48.5 Å². The van der Waals surface area contributed by atoms with E-state index in [4.69, 9.17) is 42.1 Å². The Hall–Kier alpha value is -2.05. The van der Waals surface area contributed by atoms with Gasteiger partial charge in [-0.25, -0.2) is 0 Å². The monoisotopic (exact) mass is 450 g/mol. The van der Waals surface area contributed by atoms with Gasteiger partial charge in [0.1, 0.15) is 6.61 Å². The molecule has 0 aliphatic rings. The SMILES string of the molecule is COCOc1c(Cl)cc(Sc2ccc(OCc3ccccc3)c(OC)c2)cc1Cl. The lowest BCUT2D eigenvalue weighted by molar-refractivity contribution is 0.0512. The zero-order chi connectivity index (χ0) is 20.6. The summed E-state index contributed by atoms with van der Waals surface area (Å²) in [7, 11) is 3.15. The molecule has 3 aromatic rings. The van der Waals surface area contributed by atoms with Gasteiger partial charge in [-0.2, -0.15) is 0 Å². The normalized spacial score (nSPS) is 10.6. The van der Waals surface area contributed by atoms with E-state index < -0.39 is 0 Å². The lowest BCUT2D eigenvalue weighted by atomic mass is 10.2. The fourth-order valence-electron chi connectivity index (χ4n) is 2.55. The highest BCUT2D eigenvalue weighted by Crippen LogP contribution is 2.41. The van der Waals surface area contributed by atoms with Gasteiger partial charge in [0.25, 0.3) is 0 Å². The molecule has 0 amide bonds. The number of benzene rings is 3. The van der Waals surface area contributed by atoms with Crippen LogP contribution in [0.1, 0.15) is 5.56 Å². The van der Waals surface area contributed by atoms with Crippen molar-refractivity contribution in [2.45, 2.75) is 16.4 Å². The predicted octanol–water partition coefficient (Wildman–Crippen LogP) is 6.71. The average molecular weight is 451 g/mol. The molecule has 29 heavy (non-hydrogen) atoms. The minimum Gasteiger partial charge on any atom is -0.493 e. The molecule has 0 spiro atoms. The van der Waals surface area contributed by atoms with Crippen molar-refractivity contribution in [2.24, 2.45) is 0 Å². The summed E-state index contributed by atoms with van der Waals surface area (Å²) in [6.07, 6.45) is 0. The second-order valence-corrected chi connectivity index (χ2v) is 7.92. The quantitative estimate of drug-likeness (QED) is 0.338. The Kier molecular flexibility index (Phi) is 7.95. The van der Waals surface area contributed by atoms with Gasteiger partial charge in [-0.1, -0.05) is 65.3 Å². The highest BCUT2D eigenvalue weighted by Gasteiger charge is 2.12. The molecule has 152 valence electrons. The largest absolute Gasteiger partial charge is 0.493 e. The molecule has 0 radical (unpaired) electrons. The maximum Gasteiger partial charge on any atom is 0.188 e. The van der Waals surface area contributed by atoms with Gasteiger partial charge in [-0.3, -0.25) is 0 Å². The zero-order valence-corrected chi connectivity index (χ0v) is 18.3. The fraction of sp³-hybridized carbons (Fsp3) is 0.182. The summed E-state index contributed by atoms with van der Waals surface area (Å²) in [4.78, 5) is 1.84. The summed E-state index contributed by atoms with van der Waals surface area (Å²) >= 11 is 14.1. The number of halogens is 2. The Morgan fingerprint density at radius 2 is 1.52 bits per heavy atom. The fourth-order valence-corrected chi connectivity index (χ4v) is 4.21. The van der Waals surface area contributed by atoms with E-state index in [2.05, 4.69) is 0 Å². The number of rotatable bonds is 9. The first-order chi connectivity index (χ1) is 14.1. The third-order valence-corrected chi connectivity index (χ3v) is 5.42. The van der Waals surface area contributed by atoms with Crippen LogP contribution in [-0.2, 0) is 11.3 Å². The van der Waals surface area contributed by atoms with Crippen LogP contribution < -0.4 is 14.2 Å². The lowest BCUT2D eigenvalue weighted by Gasteiger charge is -2.13. The Balaban J connectivity index is 1.73. The maximum absolute atomic E-state index is 6.30. The van der Waals surface area contributed by atoms with E-state index in [1.165, 1.54) is 18.9 Å². The van der Waals surface area contributed by atoms with Gasteiger partial charge in [0, 0.05) is 16.9 Å². The smallest absolute Gasteiger partial charge is 0.188 e. The first-order valence-corrected chi connectivity index (χ1v) is 10.3. The molecule has 0 bridgehead atoms. The van der Waals surface area contributed by atoms with Crippen LogP contribution in [0.2, 0.25) is 10.0 Å². The number of hydrogen-bond acceptors (Lipinski definition) is 5. The number of methoxy groups -OCH3 is 2. The summed E-state index contributed by atoms with van der Waals surface area (Å²) in [5, 5.41) is 0.846. The van der Waals surface area contributed by atoms with Crippen molar-refractivity contribution in [3.63, 3.8) is 0 Å². The first-order valence-electron chi connectivity index (χ1n) is 8.74. The first kappa shape index (κ1) is 21.7. The van der Waals surface area contributed by atoms with Crippen LogP contribution in [0, 0.1) is 0 Å². The van der Waals surface area contributed by atoms with Crippen LogP contribution in [0.4, 0.5) is 0 Å². The molecule has 0 fully saturated rings. The summed E-state index contributed by atoms with van der Waals surface area (Å²) in [6, 6.07) is 19.4. The maximum atomic E-state index is 6.30. The van der Waals surface area contributed by atoms with Crippen LogP contribution in [-0.4, -0.2) is 21.0 Å². The van der Waals surface area contributed by atoms with Crippen molar-refractivity contribution in [3.05, 3.63) is 76.3 Å². The van der Waals surface area contributed by atoms with Gasteiger partial charge in [0.2, 0.25) is 0 Å². The van der Waals surface area contributed by atoms with Crippen LogP contribution in [0.5, 0.6) is 17.2 Å². The van der Waals surface area contributed by atoms with E-state index in [9.17, 15) is 0 Å². The molecule has 0 aromatic heterocycles. The summed E-state index contributed by atoms with van der Waals surface area (Å²) in [5.41, 5.74) is 1.09. The average Bonchev–Trinajstić information content (AvgIpc) is 2.73. The van der Waals surface area contributed by atoms with Gasteiger partial charge in [-0.15, -0.1) is 0 Å². The highest BCUT2D eigenvalue weighted by molar-refractivity contribution is 7.99. The van der Waals surface area contributed by atoms with Crippen molar-refractivity contribution >= 4 is 35.0 Å². The van der Waals surface area contributed by atoms with Gasteiger partial charge in [0.15, 0.2) is 24.0 Å². The number of ether oxygens (including phenoxy) is 4. The van der Waals surface area contributed by atoms with Crippen molar-refractivity contribution < 1.29 is 18.9 Å². The van der Waals surface area contributed by atoms with Crippen molar-refractivity contribution in [1.29, 1.82) is 0 Å². The molecule has 0 N–H and O–H groups in total. The Bertz CT molecular complexity index is 928. The van der Waals surface area contributed by atoms with Crippen LogP contribution in [0.3, 0.4) is 0 Å². The Morgan fingerprint density at radius 1 is 0.793 bits per heavy atom. The molecule has 0 aliphatic heterocycles. The molecule has 0 atom stereocenters. The molecular weight excluding hydrogens is 431 g/mol. The molecule has 0 unspecified atom stereocenters. The third kappa shape index (κ3) is 5.97. The molecule has 4 nitrogen and oxygen atoms in total. The lowest BCUT2D eigenvalue weighted by Crippen LogP contribution is -2.00. The van der Waals surface area contributed by atoms with E-state index in [-0.39, 0.29) is 6.79 Å². The molecule has 7 heteroatoms. The summed E-state index contributed by atoms with van der Waals surface area (Å²) in [5.74, 6) is 1.74. The number of hydrogen-bond donors (Lipinski definition) is 0. The molecule has 0 saturated heterocycles. The molecule has 0 heterocycles. The summed E-state index contributed by atoms with van der Waals surface area (Å²) in [6.45, 7) is 0.547. The molecule has 3 rings (SSSR count). The molecule has 3 aromatic carbocycles. The topological polar surface area (TPSA) is 36.9 Å². The summed E-state index contributed by atoms with van der Waals surface area (Å²) < 4.78 is 21.7. The molecular formula is C22H20Cl2O4S. The predicted molar refractivity (Wildman–Crippen MR) is 117 cm³/mol. The van der Waals surface area contributed by atoms with E-state index in [1.54, 1.807) is 19.2 Å². The highest BCUT2D eigenvalue weighted by atomic mass is 35.5. The van der Waals surface area contributed by atoms with E-state index >= 15 is 0 Å². The minimum atomic E-state index is 0.0770. The van der Waals surface area contributed by atoms with Gasteiger partial charge < -0.3 is 18.9 Å². The van der Waals surface area contributed by atoms with Crippen LogP contribution in [0.25, 0.3) is 0 Å². The van der Waals surface area contributed by atoms with E-state index in [0.29, 0.717) is 33.9 Å². The zero-order valence-electron chi connectivity index (χ0n) is 16.0. The van der Waals surface area contributed by atoms with Gasteiger partial charge in [-0.05, 0) is 35.9 Å². The Morgan fingerprint density at radius 3 is 2.17 bits per heavy atom. The minimum absolute atomic E-state index is 0.0770. The third-order valence-electron chi connectivity index (χ3n) is 3.90. The second kappa shape index (κ2) is 10.6. The van der Waals surface area contributed by atoms with Crippen molar-refractivity contribution in [3.8, 4) is 17.2 Å². The second-order valence-electron chi connectivity index (χ2n) is 5.96. The van der Waals surface area contributed by atoms with Crippen LogP contribution >= 0.6 is 35.0 Å². The van der Waals surface area contributed by atoms with Gasteiger partial charge >= 0.3 is 0 Å². The Labute approximate surface area is 184 Å². The van der Waals surface area contributed by atoms with Crippen molar-refractivity contribution in [1.82, 2.24) is 0 Å². The van der Waals surface area contributed by atoms with Crippen molar-refractivity contribution in [2.75, 3.05) is 21.0 Å². The molecule has 0 aliphatic carbocycles.